The van der Waals surface area contributed by atoms with E-state index in [-0.39, 0.29) is 28.6 Å². The van der Waals surface area contributed by atoms with Gasteiger partial charge in [0.15, 0.2) is 6.61 Å². The van der Waals surface area contributed by atoms with Crippen LogP contribution in [-0.2, 0) is 11.0 Å². The highest BCUT2D eigenvalue weighted by molar-refractivity contribution is 6.21. The van der Waals surface area contributed by atoms with Crippen LogP contribution in [-0.4, -0.2) is 39.5 Å². The summed E-state index contributed by atoms with van der Waals surface area (Å²) in [6.07, 6.45) is -4.47. The number of benzene rings is 3. The number of hydrazine groups is 1. The van der Waals surface area contributed by atoms with Gasteiger partial charge in [-0.1, -0.05) is 41.6 Å². The standard InChI is InChI=1S/C25H15F3N4O5/c26-25(27,28)15-11-9-14(10-12-15)21-29-22(37-31-21)18-7-3-4-8-19(18)36-13-20(33)30-32-23(34)16-5-1-2-6-17(16)24(32)35/h1-12H,13H2,(H,30,33). The first-order valence-electron chi connectivity index (χ1n) is 10.7. The second kappa shape index (κ2) is 9.22. The van der Waals surface area contributed by atoms with Crippen LogP contribution in [0.25, 0.3) is 22.8 Å². The van der Waals surface area contributed by atoms with E-state index in [1.54, 1.807) is 30.3 Å². The summed E-state index contributed by atoms with van der Waals surface area (Å²) in [5, 5.41) is 4.43. The van der Waals surface area contributed by atoms with E-state index in [0.29, 0.717) is 16.1 Å². The molecule has 0 unspecified atom stereocenters. The second-order valence-electron chi connectivity index (χ2n) is 7.81. The molecular weight excluding hydrogens is 493 g/mol. The van der Waals surface area contributed by atoms with Crippen LogP contribution in [0.2, 0.25) is 0 Å². The number of rotatable bonds is 6. The van der Waals surface area contributed by atoms with Gasteiger partial charge >= 0.3 is 6.18 Å². The van der Waals surface area contributed by atoms with Crippen LogP contribution in [0.4, 0.5) is 13.2 Å². The average molecular weight is 508 g/mol. The molecule has 0 atom stereocenters. The molecule has 1 N–H and O–H groups in total. The number of amides is 3. The number of imide groups is 1. The van der Waals surface area contributed by atoms with Gasteiger partial charge in [0.1, 0.15) is 5.75 Å². The maximum absolute atomic E-state index is 12.8. The van der Waals surface area contributed by atoms with Crippen molar-refractivity contribution < 1.29 is 36.8 Å². The molecule has 0 radical (unpaired) electrons. The lowest BCUT2D eigenvalue weighted by Gasteiger charge is -2.15. The van der Waals surface area contributed by atoms with Gasteiger partial charge in [-0.25, -0.2) is 0 Å². The molecule has 9 nitrogen and oxygen atoms in total. The molecule has 37 heavy (non-hydrogen) atoms. The molecule has 1 aliphatic heterocycles. The van der Waals surface area contributed by atoms with Crippen molar-refractivity contribution >= 4 is 17.7 Å². The van der Waals surface area contributed by atoms with Crippen LogP contribution in [0.3, 0.4) is 0 Å². The van der Waals surface area contributed by atoms with Gasteiger partial charge < -0.3 is 9.26 Å². The molecule has 2 heterocycles. The first kappa shape index (κ1) is 23.7. The van der Waals surface area contributed by atoms with E-state index in [9.17, 15) is 27.6 Å². The molecule has 1 aromatic heterocycles. The molecule has 186 valence electrons. The van der Waals surface area contributed by atoms with Crippen LogP contribution in [0.1, 0.15) is 26.3 Å². The summed E-state index contributed by atoms with van der Waals surface area (Å²) >= 11 is 0. The van der Waals surface area contributed by atoms with E-state index in [2.05, 4.69) is 15.6 Å². The molecule has 0 fully saturated rings. The molecule has 0 saturated carbocycles. The van der Waals surface area contributed by atoms with Crippen LogP contribution in [0.5, 0.6) is 5.75 Å². The number of para-hydroxylation sites is 1. The lowest BCUT2D eigenvalue weighted by molar-refractivity contribution is -0.137. The van der Waals surface area contributed by atoms with Crippen LogP contribution >= 0.6 is 0 Å². The smallest absolute Gasteiger partial charge is 0.416 e. The second-order valence-corrected chi connectivity index (χ2v) is 7.81. The Labute approximate surface area is 206 Å². The van der Waals surface area contributed by atoms with E-state index in [0.717, 1.165) is 12.1 Å². The van der Waals surface area contributed by atoms with Gasteiger partial charge in [0.25, 0.3) is 23.6 Å². The number of hydrogen-bond acceptors (Lipinski definition) is 7. The lowest BCUT2D eigenvalue weighted by atomic mass is 10.1. The minimum absolute atomic E-state index is 0.00579. The maximum atomic E-state index is 12.8. The minimum Gasteiger partial charge on any atom is -0.483 e. The van der Waals surface area contributed by atoms with Gasteiger partial charge in [0.2, 0.25) is 5.82 Å². The molecule has 12 heteroatoms. The number of nitrogens with zero attached hydrogens (tertiary/aromatic N) is 3. The highest BCUT2D eigenvalue weighted by Crippen LogP contribution is 2.32. The highest BCUT2D eigenvalue weighted by atomic mass is 19.4. The van der Waals surface area contributed by atoms with E-state index < -0.39 is 36.1 Å². The molecule has 0 bridgehead atoms. The summed E-state index contributed by atoms with van der Waals surface area (Å²) < 4.78 is 49.2. The maximum Gasteiger partial charge on any atom is 0.416 e. The fourth-order valence-corrected chi connectivity index (χ4v) is 3.62. The van der Waals surface area contributed by atoms with Crippen molar-refractivity contribution in [1.29, 1.82) is 0 Å². The molecule has 3 aromatic carbocycles. The van der Waals surface area contributed by atoms with E-state index in [1.165, 1.54) is 30.3 Å². The Kier molecular flexibility index (Phi) is 5.91. The first-order chi connectivity index (χ1) is 17.7. The summed E-state index contributed by atoms with van der Waals surface area (Å²) in [5.41, 5.74) is 2.42. The van der Waals surface area contributed by atoms with E-state index in [1.807, 2.05) is 0 Å². The third kappa shape index (κ3) is 4.63. The van der Waals surface area contributed by atoms with Gasteiger partial charge in [0, 0.05) is 5.56 Å². The van der Waals surface area contributed by atoms with Crippen molar-refractivity contribution in [3.05, 3.63) is 89.5 Å². The SMILES string of the molecule is O=C(COc1ccccc1-c1nc(-c2ccc(C(F)(F)F)cc2)no1)NN1C(=O)c2ccccc2C1=O. The molecule has 5 rings (SSSR count). The minimum atomic E-state index is -4.47. The normalized spacial score (nSPS) is 13.0. The average Bonchev–Trinajstić information content (AvgIpc) is 3.47. The molecule has 3 amide bonds. The Morgan fingerprint density at radius 3 is 2.11 bits per heavy atom. The number of carbonyl (C=O) groups is 3. The quantitative estimate of drug-likeness (QED) is 0.390. The van der Waals surface area contributed by atoms with Gasteiger partial charge in [-0.3, -0.25) is 19.8 Å². The van der Waals surface area contributed by atoms with E-state index in [4.69, 9.17) is 9.26 Å². The summed E-state index contributed by atoms with van der Waals surface area (Å²) in [6, 6.07) is 16.9. The number of carbonyl (C=O) groups excluding carboxylic acids is 3. The summed E-state index contributed by atoms with van der Waals surface area (Å²) in [4.78, 5) is 41.5. The Balaban J connectivity index is 1.27. The van der Waals surface area contributed by atoms with Crippen molar-refractivity contribution in [3.63, 3.8) is 0 Å². The Hall–Kier alpha value is -5.00. The summed E-state index contributed by atoms with van der Waals surface area (Å²) in [7, 11) is 0. The van der Waals surface area contributed by atoms with Crippen molar-refractivity contribution in [3.8, 4) is 28.6 Å². The summed E-state index contributed by atoms with van der Waals surface area (Å²) in [6.45, 7) is -0.551. The Bertz CT molecular complexity index is 1480. The number of ether oxygens (including phenoxy) is 1. The van der Waals surface area contributed by atoms with Crippen molar-refractivity contribution in [2.45, 2.75) is 6.18 Å². The zero-order valence-corrected chi connectivity index (χ0v) is 18.7. The predicted octanol–water partition coefficient (Wildman–Crippen LogP) is 4.13. The highest BCUT2D eigenvalue weighted by Gasteiger charge is 2.36. The van der Waals surface area contributed by atoms with Gasteiger partial charge in [-0.05, 0) is 36.4 Å². The fraction of sp³-hybridized carbons (Fsp3) is 0.0800. The fourth-order valence-electron chi connectivity index (χ4n) is 3.62. The molecule has 0 saturated heterocycles. The van der Waals surface area contributed by atoms with Crippen molar-refractivity contribution in [2.75, 3.05) is 6.61 Å². The van der Waals surface area contributed by atoms with Crippen molar-refractivity contribution in [1.82, 2.24) is 20.6 Å². The van der Waals surface area contributed by atoms with Crippen LogP contribution in [0.15, 0.2) is 77.3 Å². The summed E-state index contributed by atoms with van der Waals surface area (Å²) in [5.74, 6) is -1.83. The number of hydrogen-bond donors (Lipinski definition) is 1. The lowest BCUT2D eigenvalue weighted by Crippen LogP contribution is -2.47. The third-order valence-electron chi connectivity index (χ3n) is 5.40. The topological polar surface area (TPSA) is 115 Å². The number of halogens is 3. The predicted molar refractivity (Wildman–Crippen MR) is 121 cm³/mol. The monoisotopic (exact) mass is 508 g/mol. The van der Waals surface area contributed by atoms with Crippen LogP contribution in [0, 0.1) is 0 Å². The molecule has 4 aromatic rings. The van der Waals surface area contributed by atoms with Crippen molar-refractivity contribution in [2.24, 2.45) is 0 Å². The molecule has 0 spiro atoms. The third-order valence-corrected chi connectivity index (χ3v) is 5.40. The first-order valence-corrected chi connectivity index (χ1v) is 10.7. The van der Waals surface area contributed by atoms with Gasteiger partial charge in [-0.15, -0.1) is 0 Å². The van der Waals surface area contributed by atoms with Gasteiger partial charge in [-0.2, -0.15) is 23.2 Å². The molecule has 1 aliphatic rings. The van der Waals surface area contributed by atoms with Crippen LogP contribution < -0.4 is 10.2 Å². The van der Waals surface area contributed by atoms with Gasteiger partial charge in [0.05, 0.1) is 22.3 Å². The molecular formula is C25H15F3N4O5. The molecule has 0 aliphatic carbocycles. The number of alkyl halides is 3. The number of fused-ring (bicyclic) bond motifs is 1. The Morgan fingerprint density at radius 2 is 1.49 bits per heavy atom. The zero-order valence-electron chi connectivity index (χ0n) is 18.7. The largest absolute Gasteiger partial charge is 0.483 e. The number of aromatic nitrogens is 2. The zero-order chi connectivity index (χ0) is 26.2. The Morgan fingerprint density at radius 1 is 0.892 bits per heavy atom. The number of nitrogens with one attached hydrogen (secondary N) is 1. The van der Waals surface area contributed by atoms with E-state index >= 15 is 0 Å².